The smallest absolute Gasteiger partial charge is 0.123 e. The SMILES string of the molecule is CCOCc1ccc(F)cc1C. The van der Waals surface area contributed by atoms with E-state index in [1.165, 1.54) is 12.1 Å². The van der Waals surface area contributed by atoms with Crippen molar-refractivity contribution in [2.24, 2.45) is 0 Å². The van der Waals surface area contributed by atoms with Gasteiger partial charge in [-0.25, -0.2) is 4.39 Å². The molecule has 0 saturated heterocycles. The fourth-order valence-corrected chi connectivity index (χ4v) is 1.03. The molecule has 0 bridgehead atoms. The highest BCUT2D eigenvalue weighted by Crippen LogP contribution is 2.10. The Morgan fingerprint density at radius 1 is 1.42 bits per heavy atom. The molecule has 1 aromatic rings. The molecule has 0 atom stereocenters. The molecule has 66 valence electrons. The van der Waals surface area contributed by atoms with E-state index in [0.29, 0.717) is 13.2 Å². The fraction of sp³-hybridized carbons (Fsp3) is 0.400. The number of hydrogen-bond acceptors (Lipinski definition) is 1. The van der Waals surface area contributed by atoms with Crippen molar-refractivity contribution in [1.82, 2.24) is 0 Å². The van der Waals surface area contributed by atoms with Gasteiger partial charge in [0.2, 0.25) is 0 Å². The van der Waals surface area contributed by atoms with Crippen molar-refractivity contribution < 1.29 is 9.13 Å². The lowest BCUT2D eigenvalue weighted by molar-refractivity contribution is 0.133. The van der Waals surface area contributed by atoms with Crippen LogP contribution in [0.1, 0.15) is 18.1 Å². The van der Waals surface area contributed by atoms with Gasteiger partial charge in [-0.2, -0.15) is 0 Å². The van der Waals surface area contributed by atoms with Crippen LogP contribution in [0.2, 0.25) is 0 Å². The van der Waals surface area contributed by atoms with Crippen molar-refractivity contribution in [1.29, 1.82) is 0 Å². The standard InChI is InChI=1S/C10H13FO/c1-3-12-7-9-4-5-10(11)6-8(9)2/h4-6H,3,7H2,1-2H3. The number of rotatable bonds is 3. The van der Waals surface area contributed by atoms with Gasteiger partial charge >= 0.3 is 0 Å². The van der Waals surface area contributed by atoms with E-state index in [4.69, 9.17) is 4.74 Å². The summed E-state index contributed by atoms with van der Waals surface area (Å²) in [6, 6.07) is 4.75. The van der Waals surface area contributed by atoms with E-state index in [1.54, 1.807) is 6.07 Å². The molecule has 0 radical (unpaired) electrons. The maximum Gasteiger partial charge on any atom is 0.123 e. The Morgan fingerprint density at radius 3 is 2.75 bits per heavy atom. The van der Waals surface area contributed by atoms with Crippen molar-refractivity contribution in [2.45, 2.75) is 20.5 Å². The predicted octanol–water partition coefficient (Wildman–Crippen LogP) is 2.67. The number of aryl methyl sites for hydroxylation is 1. The minimum atomic E-state index is -0.187. The molecule has 1 aromatic carbocycles. The van der Waals surface area contributed by atoms with Gasteiger partial charge in [0.05, 0.1) is 6.61 Å². The number of halogens is 1. The first-order chi connectivity index (χ1) is 5.74. The largest absolute Gasteiger partial charge is 0.377 e. The normalized spacial score (nSPS) is 10.2. The van der Waals surface area contributed by atoms with Crippen molar-refractivity contribution in [3.8, 4) is 0 Å². The summed E-state index contributed by atoms with van der Waals surface area (Å²) >= 11 is 0. The molecule has 0 saturated carbocycles. The Bertz CT molecular complexity index is 258. The maximum atomic E-state index is 12.6. The summed E-state index contributed by atoms with van der Waals surface area (Å²) < 4.78 is 17.8. The highest BCUT2D eigenvalue weighted by molar-refractivity contribution is 5.25. The second-order valence-corrected chi connectivity index (χ2v) is 2.71. The topological polar surface area (TPSA) is 9.23 Å². The highest BCUT2D eigenvalue weighted by atomic mass is 19.1. The molecule has 1 rings (SSSR count). The van der Waals surface area contributed by atoms with Gasteiger partial charge < -0.3 is 4.74 Å². The average Bonchev–Trinajstić information content (AvgIpc) is 2.03. The highest BCUT2D eigenvalue weighted by Gasteiger charge is 1.98. The third-order valence-corrected chi connectivity index (χ3v) is 1.77. The Morgan fingerprint density at radius 2 is 2.17 bits per heavy atom. The molecule has 0 N–H and O–H groups in total. The second kappa shape index (κ2) is 4.21. The van der Waals surface area contributed by atoms with Crippen molar-refractivity contribution >= 4 is 0 Å². The van der Waals surface area contributed by atoms with Crippen LogP contribution in [0.15, 0.2) is 18.2 Å². The first-order valence-electron chi connectivity index (χ1n) is 4.07. The molecule has 0 heterocycles. The summed E-state index contributed by atoms with van der Waals surface area (Å²) in [5, 5.41) is 0. The Balaban J connectivity index is 2.72. The van der Waals surface area contributed by atoms with Crippen molar-refractivity contribution in [3.05, 3.63) is 35.1 Å². The minimum Gasteiger partial charge on any atom is -0.377 e. The summed E-state index contributed by atoms with van der Waals surface area (Å²) in [6.07, 6.45) is 0. The first kappa shape index (κ1) is 9.20. The van der Waals surface area contributed by atoms with Crippen LogP contribution in [0.25, 0.3) is 0 Å². The first-order valence-corrected chi connectivity index (χ1v) is 4.07. The van der Waals surface area contributed by atoms with E-state index in [9.17, 15) is 4.39 Å². The molecular formula is C10H13FO. The molecule has 0 aliphatic rings. The molecule has 0 spiro atoms. The maximum absolute atomic E-state index is 12.6. The van der Waals surface area contributed by atoms with Gasteiger partial charge in [-0.05, 0) is 37.1 Å². The minimum absolute atomic E-state index is 0.187. The average molecular weight is 168 g/mol. The quantitative estimate of drug-likeness (QED) is 0.674. The Kier molecular flexibility index (Phi) is 3.23. The molecule has 2 heteroatoms. The summed E-state index contributed by atoms with van der Waals surface area (Å²) in [6.45, 7) is 5.09. The zero-order valence-corrected chi connectivity index (χ0v) is 7.43. The van der Waals surface area contributed by atoms with Gasteiger partial charge in [-0.1, -0.05) is 6.07 Å². The van der Waals surface area contributed by atoms with Gasteiger partial charge in [-0.15, -0.1) is 0 Å². The number of ether oxygens (including phenoxy) is 1. The summed E-state index contributed by atoms with van der Waals surface area (Å²) in [7, 11) is 0. The molecule has 0 aliphatic heterocycles. The zero-order chi connectivity index (χ0) is 8.97. The van der Waals surface area contributed by atoms with Crippen LogP contribution in [0, 0.1) is 12.7 Å². The van der Waals surface area contributed by atoms with Crippen LogP contribution in [0.5, 0.6) is 0 Å². The van der Waals surface area contributed by atoms with Crippen LogP contribution in [0.3, 0.4) is 0 Å². The van der Waals surface area contributed by atoms with Gasteiger partial charge in [0, 0.05) is 6.61 Å². The van der Waals surface area contributed by atoms with E-state index in [2.05, 4.69) is 0 Å². The summed E-state index contributed by atoms with van der Waals surface area (Å²) in [5.41, 5.74) is 2.00. The van der Waals surface area contributed by atoms with Gasteiger partial charge in [0.25, 0.3) is 0 Å². The molecule has 12 heavy (non-hydrogen) atoms. The van der Waals surface area contributed by atoms with Crippen LogP contribution in [-0.4, -0.2) is 6.61 Å². The van der Waals surface area contributed by atoms with Gasteiger partial charge in [0.15, 0.2) is 0 Å². The summed E-state index contributed by atoms with van der Waals surface area (Å²) in [4.78, 5) is 0. The van der Waals surface area contributed by atoms with E-state index in [-0.39, 0.29) is 5.82 Å². The Hall–Kier alpha value is -0.890. The van der Waals surface area contributed by atoms with Crippen molar-refractivity contribution in [3.63, 3.8) is 0 Å². The third kappa shape index (κ3) is 2.31. The molecule has 0 aliphatic carbocycles. The van der Waals surface area contributed by atoms with Crippen molar-refractivity contribution in [2.75, 3.05) is 6.61 Å². The lowest BCUT2D eigenvalue weighted by Gasteiger charge is -2.04. The molecule has 0 unspecified atom stereocenters. The van der Waals surface area contributed by atoms with Crippen LogP contribution in [-0.2, 0) is 11.3 Å². The monoisotopic (exact) mass is 168 g/mol. The molecule has 0 fully saturated rings. The number of benzene rings is 1. The summed E-state index contributed by atoms with van der Waals surface area (Å²) in [5.74, 6) is -0.187. The second-order valence-electron chi connectivity index (χ2n) is 2.71. The van der Waals surface area contributed by atoms with E-state index in [1.807, 2.05) is 13.8 Å². The van der Waals surface area contributed by atoms with Crippen LogP contribution in [0.4, 0.5) is 4.39 Å². The van der Waals surface area contributed by atoms with Crippen LogP contribution < -0.4 is 0 Å². The van der Waals surface area contributed by atoms with E-state index in [0.717, 1.165) is 11.1 Å². The van der Waals surface area contributed by atoms with E-state index < -0.39 is 0 Å². The zero-order valence-electron chi connectivity index (χ0n) is 7.43. The predicted molar refractivity (Wildman–Crippen MR) is 46.5 cm³/mol. The number of hydrogen-bond donors (Lipinski definition) is 0. The van der Waals surface area contributed by atoms with Gasteiger partial charge in [-0.3, -0.25) is 0 Å². The Labute approximate surface area is 72.2 Å². The molecular weight excluding hydrogens is 155 g/mol. The molecule has 1 nitrogen and oxygen atoms in total. The fourth-order valence-electron chi connectivity index (χ4n) is 1.03. The molecule has 0 amide bonds. The van der Waals surface area contributed by atoms with Crippen LogP contribution >= 0.6 is 0 Å². The lowest BCUT2D eigenvalue weighted by Crippen LogP contribution is -1.95. The third-order valence-electron chi connectivity index (χ3n) is 1.77. The molecule has 0 aromatic heterocycles. The van der Waals surface area contributed by atoms with Gasteiger partial charge in [0.1, 0.15) is 5.82 Å². The lowest BCUT2D eigenvalue weighted by atomic mass is 10.1. The van der Waals surface area contributed by atoms with E-state index >= 15 is 0 Å².